The van der Waals surface area contributed by atoms with E-state index in [9.17, 15) is 4.79 Å². The lowest BCUT2D eigenvalue weighted by atomic mass is 10.2. The first-order valence-electron chi connectivity index (χ1n) is 7.97. The molecule has 24 heavy (non-hydrogen) atoms. The van der Waals surface area contributed by atoms with E-state index < -0.39 is 0 Å². The fraction of sp³-hybridized carbons (Fsp3) is 0.316. The van der Waals surface area contributed by atoms with Crippen molar-refractivity contribution in [3.05, 3.63) is 64.1 Å². The van der Waals surface area contributed by atoms with Gasteiger partial charge in [-0.3, -0.25) is 0 Å². The van der Waals surface area contributed by atoms with Gasteiger partial charge in [-0.1, -0.05) is 30.3 Å². The van der Waals surface area contributed by atoms with Gasteiger partial charge in [0, 0.05) is 6.61 Å². The van der Waals surface area contributed by atoms with Gasteiger partial charge in [-0.15, -0.1) is 0 Å². The van der Waals surface area contributed by atoms with Gasteiger partial charge in [-0.2, -0.15) is 0 Å². The first-order valence-corrected chi connectivity index (χ1v) is 8.76. The van der Waals surface area contributed by atoms with Gasteiger partial charge in [0.1, 0.15) is 19.0 Å². The van der Waals surface area contributed by atoms with Crippen molar-refractivity contribution in [2.45, 2.75) is 25.6 Å². The lowest BCUT2D eigenvalue weighted by Gasteiger charge is -2.13. The predicted molar refractivity (Wildman–Crippen MR) is 94.2 cm³/mol. The second-order valence-electron chi connectivity index (χ2n) is 5.65. The van der Waals surface area contributed by atoms with E-state index in [-0.39, 0.29) is 18.7 Å². The summed E-state index contributed by atoms with van der Waals surface area (Å²) >= 11 is 3.45. The Morgan fingerprint density at radius 2 is 2.04 bits per heavy atom. The number of hydrogen-bond acceptors (Lipinski definition) is 4. The van der Waals surface area contributed by atoms with Crippen molar-refractivity contribution in [1.82, 2.24) is 0 Å². The van der Waals surface area contributed by atoms with Gasteiger partial charge in [0.05, 0.1) is 16.1 Å². The Labute approximate surface area is 149 Å². The summed E-state index contributed by atoms with van der Waals surface area (Å²) in [5.74, 6) is 0.343. The van der Waals surface area contributed by atoms with Crippen LogP contribution in [0.1, 0.15) is 28.8 Å². The Morgan fingerprint density at radius 1 is 1.21 bits per heavy atom. The molecule has 0 aromatic heterocycles. The fourth-order valence-corrected chi connectivity index (χ4v) is 3.00. The zero-order chi connectivity index (χ0) is 16.8. The number of ether oxygens (including phenoxy) is 3. The lowest BCUT2D eigenvalue weighted by Crippen LogP contribution is -2.16. The highest BCUT2D eigenvalue weighted by molar-refractivity contribution is 9.10. The van der Waals surface area contributed by atoms with E-state index in [4.69, 9.17) is 14.2 Å². The molecule has 0 radical (unpaired) electrons. The second-order valence-corrected chi connectivity index (χ2v) is 6.51. The van der Waals surface area contributed by atoms with E-state index in [0.29, 0.717) is 17.9 Å². The average Bonchev–Trinajstić information content (AvgIpc) is 3.13. The summed E-state index contributed by atoms with van der Waals surface area (Å²) < 4.78 is 17.4. The quantitative estimate of drug-likeness (QED) is 0.687. The number of rotatable bonds is 6. The number of esters is 1. The standard InChI is InChI=1S/C19H19BrO4/c20-17-11-15(19(21)24-12-14-5-2-1-3-6-14)8-9-18(17)23-13-16-7-4-10-22-16/h1-3,5-6,8-9,11,16H,4,7,10,12-13H2. The molecule has 2 aromatic rings. The summed E-state index contributed by atoms with van der Waals surface area (Å²) in [6.07, 6.45) is 2.27. The Morgan fingerprint density at radius 3 is 2.75 bits per heavy atom. The molecule has 2 aromatic carbocycles. The third-order valence-electron chi connectivity index (χ3n) is 3.83. The maximum absolute atomic E-state index is 12.1. The molecule has 0 amide bonds. The molecule has 3 rings (SSSR count). The van der Waals surface area contributed by atoms with Gasteiger partial charge < -0.3 is 14.2 Å². The van der Waals surface area contributed by atoms with Crippen LogP contribution in [-0.2, 0) is 16.1 Å². The normalized spacial score (nSPS) is 16.8. The Hall–Kier alpha value is -1.85. The zero-order valence-corrected chi connectivity index (χ0v) is 14.8. The molecule has 0 N–H and O–H groups in total. The predicted octanol–water partition coefficient (Wildman–Crippen LogP) is 4.36. The monoisotopic (exact) mass is 390 g/mol. The van der Waals surface area contributed by atoms with Crippen LogP contribution in [0.25, 0.3) is 0 Å². The van der Waals surface area contributed by atoms with Gasteiger partial charge in [0.15, 0.2) is 0 Å². The van der Waals surface area contributed by atoms with E-state index in [1.165, 1.54) is 0 Å². The summed E-state index contributed by atoms with van der Waals surface area (Å²) in [5, 5.41) is 0. The summed E-state index contributed by atoms with van der Waals surface area (Å²) in [6, 6.07) is 14.8. The molecule has 1 saturated heterocycles. The highest BCUT2D eigenvalue weighted by Crippen LogP contribution is 2.27. The van der Waals surface area contributed by atoms with Crippen LogP contribution >= 0.6 is 15.9 Å². The maximum Gasteiger partial charge on any atom is 0.338 e. The molecule has 0 aliphatic carbocycles. The highest BCUT2D eigenvalue weighted by Gasteiger charge is 2.17. The van der Waals surface area contributed by atoms with Crippen molar-refractivity contribution in [2.75, 3.05) is 13.2 Å². The molecule has 1 heterocycles. The molecule has 4 nitrogen and oxygen atoms in total. The smallest absolute Gasteiger partial charge is 0.338 e. The number of halogens is 1. The molecule has 1 fully saturated rings. The second kappa shape index (κ2) is 8.31. The minimum absolute atomic E-state index is 0.160. The Balaban J connectivity index is 1.55. The van der Waals surface area contributed by atoms with Gasteiger partial charge in [-0.05, 0) is 52.5 Å². The van der Waals surface area contributed by atoms with Crippen molar-refractivity contribution in [2.24, 2.45) is 0 Å². The molecular formula is C19H19BrO4. The largest absolute Gasteiger partial charge is 0.490 e. The van der Waals surface area contributed by atoms with E-state index in [1.807, 2.05) is 30.3 Å². The van der Waals surface area contributed by atoms with Crippen LogP contribution in [0.5, 0.6) is 5.75 Å². The third-order valence-corrected chi connectivity index (χ3v) is 4.45. The van der Waals surface area contributed by atoms with Gasteiger partial charge in [0.25, 0.3) is 0 Å². The molecule has 0 bridgehead atoms. The van der Waals surface area contributed by atoms with Crippen molar-refractivity contribution in [3.63, 3.8) is 0 Å². The summed E-state index contributed by atoms with van der Waals surface area (Å²) in [6.45, 7) is 1.59. The van der Waals surface area contributed by atoms with Gasteiger partial charge in [-0.25, -0.2) is 4.79 Å². The van der Waals surface area contributed by atoms with Crippen LogP contribution in [0, 0.1) is 0 Å². The first-order chi connectivity index (χ1) is 11.7. The number of carbonyl (C=O) groups excluding carboxylic acids is 1. The lowest BCUT2D eigenvalue weighted by molar-refractivity contribution is 0.0472. The molecule has 126 valence electrons. The topological polar surface area (TPSA) is 44.8 Å². The molecule has 1 aliphatic rings. The number of hydrogen-bond donors (Lipinski definition) is 0. The molecule has 0 spiro atoms. The van der Waals surface area contributed by atoms with Crippen molar-refractivity contribution >= 4 is 21.9 Å². The van der Waals surface area contributed by atoms with Gasteiger partial charge >= 0.3 is 5.97 Å². The molecule has 0 saturated carbocycles. The fourth-order valence-electron chi connectivity index (χ4n) is 2.51. The Bertz CT molecular complexity index is 681. The number of benzene rings is 2. The minimum atomic E-state index is -0.356. The highest BCUT2D eigenvalue weighted by atomic mass is 79.9. The zero-order valence-electron chi connectivity index (χ0n) is 13.2. The summed E-state index contributed by atoms with van der Waals surface area (Å²) in [7, 11) is 0. The van der Waals surface area contributed by atoms with Crippen LogP contribution in [-0.4, -0.2) is 25.3 Å². The molecule has 1 unspecified atom stereocenters. The van der Waals surface area contributed by atoms with E-state index in [2.05, 4.69) is 15.9 Å². The molecular weight excluding hydrogens is 372 g/mol. The van der Waals surface area contributed by atoms with E-state index >= 15 is 0 Å². The molecule has 1 atom stereocenters. The van der Waals surface area contributed by atoms with Crippen LogP contribution in [0.3, 0.4) is 0 Å². The van der Waals surface area contributed by atoms with Crippen LogP contribution in [0.15, 0.2) is 53.0 Å². The van der Waals surface area contributed by atoms with Crippen molar-refractivity contribution < 1.29 is 19.0 Å². The summed E-state index contributed by atoms with van der Waals surface area (Å²) in [5.41, 5.74) is 1.45. The van der Waals surface area contributed by atoms with Crippen molar-refractivity contribution in [3.8, 4) is 5.75 Å². The van der Waals surface area contributed by atoms with Crippen LogP contribution in [0.4, 0.5) is 0 Å². The van der Waals surface area contributed by atoms with E-state index in [0.717, 1.165) is 29.5 Å². The maximum atomic E-state index is 12.1. The number of carbonyl (C=O) groups is 1. The first kappa shape index (κ1) is 17.0. The van der Waals surface area contributed by atoms with E-state index in [1.54, 1.807) is 18.2 Å². The van der Waals surface area contributed by atoms with Crippen LogP contribution < -0.4 is 4.74 Å². The average molecular weight is 391 g/mol. The minimum Gasteiger partial charge on any atom is -0.490 e. The Kier molecular flexibility index (Phi) is 5.88. The van der Waals surface area contributed by atoms with Crippen molar-refractivity contribution in [1.29, 1.82) is 0 Å². The molecule has 1 aliphatic heterocycles. The molecule has 5 heteroatoms. The SMILES string of the molecule is O=C(OCc1ccccc1)c1ccc(OCC2CCCO2)c(Br)c1. The third kappa shape index (κ3) is 4.58. The van der Waals surface area contributed by atoms with Gasteiger partial charge in [0.2, 0.25) is 0 Å². The van der Waals surface area contributed by atoms with Crippen LogP contribution in [0.2, 0.25) is 0 Å². The summed E-state index contributed by atoms with van der Waals surface area (Å²) in [4.78, 5) is 12.1.